The van der Waals surface area contributed by atoms with Crippen LogP contribution in [0, 0.1) is 0 Å². The van der Waals surface area contributed by atoms with Crippen molar-refractivity contribution in [2.45, 2.75) is 6.54 Å². The molecule has 2 heteroatoms. The Bertz CT molecular complexity index is 420. The first kappa shape index (κ1) is 10.6. The summed E-state index contributed by atoms with van der Waals surface area (Å²) in [6.07, 6.45) is 0. The van der Waals surface area contributed by atoms with Gasteiger partial charge in [-0.2, -0.15) is 0 Å². The minimum atomic E-state index is 0.861. The molecule has 0 atom stereocenters. The molecule has 82 valence electrons. The number of nitrogens with one attached hydrogen (secondary N) is 2. The largest absolute Gasteiger partial charge is 0.388 e. The summed E-state index contributed by atoms with van der Waals surface area (Å²) in [5.41, 5.74) is 3.56. The first-order valence-electron chi connectivity index (χ1n) is 5.44. The topological polar surface area (TPSA) is 24.1 Å². The lowest BCUT2D eigenvalue weighted by molar-refractivity contribution is 1.15. The Hall–Kier alpha value is -1.96. The van der Waals surface area contributed by atoms with E-state index in [9.17, 15) is 0 Å². The molecule has 0 aliphatic carbocycles. The Labute approximate surface area is 96.3 Å². The molecule has 0 aromatic heterocycles. The van der Waals surface area contributed by atoms with E-state index in [0.717, 1.165) is 17.9 Å². The summed E-state index contributed by atoms with van der Waals surface area (Å²) in [5.74, 6) is 0. The quantitative estimate of drug-likeness (QED) is 0.812. The average Bonchev–Trinajstić information content (AvgIpc) is 2.38. The molecule has 2 N–H and O–H groups in total. The Morgan fingerprint density at radius 1 is 0.812 bits per heavy atom. The standard InChI is InChI=1S/C14H16N2/c1-15-13-7-9-14(10-8-13)16-11-12-5-3-2-4-6-12/h2-10,15-16H,11H2,1H3. The lowest BCUT2D eigenvalue weighted by Gasteiger charge is -2.07. The zero-order valence-electron chi connectivity index (χ0n) is 9.40. The second-order valence-electron chi connectivity index (χ2n) is 3.67. The van der Waals surface area contributed by atoms with Crippen molar-refractivity contribution in [3.63, 3.8) is 0 Å². The number of hydrogen-bond acceptors (Lipinski definition) is 2. The van der Waals surface area contributed by atoms with E-state index in [2.05, 4.69) is 59.2 Å². The monoisotopic (exact) mass is 212 g/mol. The maximum absolute atomic E-state index is 3.38. The van der Waals surface area contributed by atoms with Gasteiger partial charge in [-0.25, -0.2) is 0 Å². The van der Waals surface area contributed by atoms with Crippen LogP contribution in [0.4, 0.5) is 11.4 Å². The van der Waals surface area contributed by atoms with Crippen molar-refractivity contribution in [1.29, 1.82) is 0 Å². The van der Waals surface area contributed by atoms with Gasteiger partial charge in [-0.1, -0.05) is 30.3 Å². The molecule has 0 saturated heterocycles. The lowest BCUT2D eigenvalue weighted by Crippen LogP contribution is -1.99. The minimum absolute atomic E-state index is 0.861. The smallest absolute Gasteiger partial charge is 0.0400 e. The van der Waals surface area contributed by atoms with E-state index < -0.39 is 0 Å². The molecule has 0 amide bonds. The highest BCUT2D eigenvalue weighted by Crippen LogP contribution is 2.13. The van der Waals surface area contributed by atoms with Crippen molar-refractivity contribution in [3.05, 3.63) is 60.2 Å². The van der Waals surface area contributed by atoms with Crippen LogP contribution in [0.2, 0.25) is 0 Å². The highest BCUT2D eigenvalue weighted by Gasteiger charge is 1.93. The van der Waals surface area contributed by atoms with Gasteiger partial charge in [0.1, 0.15) is 0 Å². The molecule has 0 spiro atoms. The van der Waals surface area contributed by atoms with Gasteiger partial charge in [0.15, 0.2) is 0 Å². The van der Waals surface area contributed by atoms with Gasteiger partial charge in [-0.3, -0.25) is 0 Å². The van der Waals surface area contributed by atoms with Gasteiger partial charge in [0.05, 0.1) is 0 Å². The molecule has 0 aliphatic rings. The SMILES string of the molecule is CNc1ccc(NCc2ccccc2)cc1. The third-order valence-corrected chi connectivity index (χ3v) is 2.51. The Morgan fingerprint density at radius 2 is 1.44 bits per heavy atom. The Morgan fingerprint density at radius 3 is 2.06 bits per heavy atom. The molecular weight excluding hydrogens is 196 g/mol. The molecule has 0 unspecified atom stereocenters. The van der Waals surface area contributed by atoms with Crippen molar-refractivity contribution in [2.75, 3.05) is 17.7 Å². The van der Waals surface area contributed by atoms with Crippen LogP contribution in [0.15, 0.2) is 54.6 Å². The number of anilines is 2. The Balaban J connectivity index is 1.94. The summed E-state index contributed by atoms with van der Waals surface area (Å²) >= 11 is 0. The molecule has 0 bridgehead atoms. The normalized spacial score (nSPS) is 9.81. The van der Waals surface area contributed by atoms with Crippen LogP contribution in [0.25, 0.3) is 0 Å². The van der Waals surface area contributed by atoms with Gasteiger partial charge in [0.2, 0.25) is 0 Å². The Kier molecular flexibility index (Phi) is 3.44. The fraction of sp³-hybridized carbons (Fsp3) is 0.143. The number of rotatable bonds is 4. The molecule has 2 aromatic rings. The molecule has 0 fully saturated rings. The molecule has 0 saturated carbocycles. The highest BCUT2D eigenvalue weighted by atomic mass is 14.9. The van der Waals surface area contributed by atoms with Crippen LogP contribution >= 0.6 is 0 Å². The molecule has 0 aliphatic heterocycles. The summed E-state index contributed by atoms with van der Waals surface area (Å²) in [6.45, 7) is 0.861. The van der Waals surface area contributed by atoms with E-state index >= 15 is 0 Å². The molecule has 16 heavy (non-hydrogen) atoms. The summed E-state index contributed by atoms with van der Waals surface area (Å²) in [7, 11) is 1.92. The molecule has 2 aromatic carbocycles. The zero-order chi connectivity index (χ0) is 11.2. The first-order chi connectivity index (χ1) is 7.88. The van der Waals surface area contributed by atoms with E-state index in [1.54, 1.807) is 0 Å². The fourth-order valence-electron chi connectivity index (χ4n) is 1.55. The predicted molar refractivity (Wildman–Crippen MR) is 69.8 cm³/mol. The van der Waals surface area contributed by atoms with Gasteiger partial charge >= 0.3 is 0 Å². The van der Waals surface area contributed by atoms with Gasteiger partial charge in [0, 0.05) is 25.0 Å². The van der Waals surface area contributed by atoms with Crippen LogP contribution in [0.5, 0.6) is 0 Å². The molecule has 2 rings (SSSR count). The van der Waals surface area contributed by atoms with Crippen molar-refractivity contribution in [3.8, 4) is 0 Å². The summed E-state index contributed by atoms with van der Waals surface area (Å²) in [4.78, 5) is 0. The molecule has 0 heterocycles. The third-order valence-electron chi connectivity index (χ3n) is 2.51. The van der Waals surface area contributed by atoms with Crippen LogP contribution < -0.4 is 10.6 Å². The molecule has 0 radical (unpaired) electrons. The van der Waals surface area contributed by atoms with Gasteiger partial charge in [-0.05, 0) is 29.8 Å². The second-order valence-corrected chi connectivity index (χ2v) is 3.67. The van der Waals surface area contributed by atoms with Crippen LogP contribution in [0.1, 0.15) is 5.56 Å². The number of hydrogen-bond donors (Lipinski definition) is 2. The average molecular weight is 212 g/mol. The summed E-state index contributed by atoms with van der Waals surface area (Å²) in [5, 5.41) is 6.48. The fourth-order valence-corrected chi connectivity index (χ4v) is 1.55. The molecule has 2 nitrogen and oxygen atoms in total. The van der Waals surface area contributed by atoms with E-state index in [4.69, 9.17) is 0 Å². The first-order valence-corrected chi connectivity index (χ1v) is 5.44. The molecular formula is C14H16N2. The zero-order valence-corrected chi connectivity index (χ0v) is 9.40. The van der Waals surface area contributed by atoms with E-state index in [0.29, 0.717) is 0 Å². The lowest BCUT2D eigenvalue weighted by atomic mass is 10.2. The number of benzene rings is 2. The summed E-state index contributed by atoms with van der Waals surface area (Å²) in [6, 6.07) is 18.7. The van der Waals surface area contributed by atoms with Gasteiger partial charge < -0.3 is 10.6 Å². The van der Waals surface area contributed by atoms with Crippen molar-refractivity contribution >= 4 is 11.4 Å². The van der Waals surface area contributed by atoms with E-state index in [1.165, 1.54) is 5.56 Å². The van der Waals surface area contributed by atoms with Gasteiger partial charge in [-0.15, -0.1) is 0 Å². The van der Waals surface area contributed by atoms with Crippen LogP contribution in [0.3, 0.4) is 0 Å². The predicted octanol–water partition coefficient (Wildman–Crippen LogP) is 3.34. The minimum Gasteiger partial charge on any atom is -0.388 e. The van der Waals surface area contributed by atoms with Crippen LogP contribution in [-0.4, -0.2) is 7.05 Å². The van der Waals surface area contributed by atoms with Crippen molar-refractivity contribution in [1.82, 2.24) is 0 Å². The maximum Gasteiger partial charge on any atom is 0.0400 e. The maximum atomic E-state index is 3.38. The summed E-state index contributed by atoms with van der Waals surface area (Å²) < 4.78 is 0. The van der Waals surface area contributed by atoms with Crippen molar-refractivity contribution in [2.24, 2.45) is 0 Å². The van der Waals surface area contributed by atoms with Crippen molar-refractivity contribution < 1.29 is 0 Å². The third kappa shape index (κ3) is 2.76. The van der Waals surface area contributed by atoms with E-state index in [1.807, 2.05) is 13.1 Å². The van der Waals surface area contributed by atoms with E-state index in [-0.39, 0.29) is 0 Å². The van der Waals surface area contributed by atoms with Crippen LogP contribution in [-0.2, 0) is 6.54 Å². The van der Waals surface area contributed by atoms with Gasteiger partial charge in [0.25, 0.3) is 0 Å². The highest BCUT2D eigenvalue weighted by molar-refractivity contribution is 5.53. The second kappa shape index (κ2) is 5.21.